The summed E-state index contributed by atoms with van der Waals surface area (Å²) in [6, 6.07) is 7.19. The molecule has 1 aliphatic rings. The SMILES string of the molecule is OC(C1=[NH+]CCN1)c1ccc(Cl)cc1.[Cl-]. The van der Waals surface area contributed by atoms with E-state index in [4.69, 9.17) is 11.6 Å². The standard InChI is InChI=1S/C10H11ClN2O.ClH/c11-8-3-1-7(2-4-8)9(14)10-12-5-6-13-10;/h1-4,9,14H,5-6H2,(H,12,13);1H. The van der Waals surface area contributed by atoms with Crippen LogP contribution in [0.15, 0.2) is 24.3 Å². The Labute approximate surface area is 99.6 Å². The van der Waals surface area contributed by atoms with E-state index in [-0.39, 0.29) is 12.4 Å². The van der Waals surface area contributed by atoms with Crippen molar-refractivity contribution in [2.45, 2.75) is 6.10 Å². The molecule has 3 N–H and O–H groups in total. The molecule has 1 heterocycles. The van der Waals surface area contributed by atoms with Crippen LogP contribution in [0.25, 0.3) is 0 Å². The van der Waals surface area contributed by atoms with Crippen molar-refractivity contribution in [3.05, 3.63) is 34.9 Å². The van der Waals surface area contributed by atoms with Crippen molar-refractivity contribution >= 4 is 17.4 Å². The van der Waals surface area contributed by atoms with Crippen molar-refractivity contribution < 1.29 is 22.5 Å². The second-order valence-electron chi connectivity index (χ2n) is 3.22. The maximum atomic E-state index is 9.91. The number of benzene rings is 1. The number of aliphatic hydroxyl groups excluding tert-OH is 1. The first-order valence-corrected chi connectivity index (χ1v) is 4.93. The molecule has 0 radical (unpaired) electrons. The minimum atomic E-state index is -0.602. The van der Waals surface area contributed by atoms with Crippen LogP contribution in [0, 0.1) is 0 Å². The first kappa shape index (κ1) is 12.3. The van der Waals surface area contributed by atoms with E-state index in [1.165, 1.54) is 0 Å². The molecule has 1 aromatic rings. The molecule has 0 bridgehead atoms. The summed E-state index contributed by atoms with van der Waals surface area (Å²) in [6.07, 6.45) is -0.602. The van der Waals surface area contributed by atoms with Crippen LogP contribution >= 0.6 is 11.6 Å². The van der Waals surface area contributed by atoms with E-state index in [0.717, 1.165) is 24.5 Å². The molecule has 5 heteroatoms. The zero-order valence-electron chi connectivity index (χ0n) is 8.00. The Morgan fingerprint density at radius 1 is 1.33 bits per heavy atom. The monoisotopic (exact) mass is 246 g/mol. The number of nitrogens with one attached hydrogen (secondary N) is 2. The van der Waals surface area contributed by atoms with Crippen LogP contribution in [0.3, 0.4) is 0 Å². The molecule has 1 atom stereocenters. The highest BCUT2D eigenvalue weighted by atomic mass is 35.5. The molecule has 0 spiro atoms. The van der Waals surface area contributed by atoms with Gasteiger partial charge in [-0.3, -0.25) is 10.3 Å². The predicted molar refractivity (Wildman–Crippen MR) is 55.3 cm³/mol. The van der Waals surface area contributed by atoms with Gasteiger partial charge in [-0.1, -0.05) is 23.7 Å². The van der Waals surface area contributed by atoms with Crippen LogP contribution in [0.4, 0.5) is 0 Å². The molecule has 1 aromatic carbocycles. The fourth-order valence-corrected chi connectivity index (χ4v) is 1.59. The fourth-order valence-electron chi connectivity index (χ4n) is 1.46. The quantitative estimate of drug-likeness (QED) is 0.507. The smallest absolute Gasteiger partial charge is 0.276 e. The summed E-state index contributed by atoms with van der Waals surface area (Å²) in [4.78, 5) is 3.09. The van der Waals surface area contributed by atoms with Gasteiger partial charge in [0.1, 0.15) is 13.1 Å². The van der Waals surface area contributed by atoms with Crippen LogP contribution < -0.4 is 22.7 Å². The second-order valence-corrected chi connectivity index (χ2v) is 3.66. The van der Waals surface area contributed by atoms with Crippen molar-refractivity contribution in [1.29, 1.82) is 0 Å². The lowest BCUT2D eigenvalue weighted by molar-refractivity contribution is -0.448. The van der Waals surface area contributed by atoms with Gasteiger partial charge < -0.3 is 17.5 Å². The summed E-state index contributed by atoms with van der Waals surface area (Å²) in [6.45, 7) is 1.72. The third-order valence-corrected chi connectivity index (χ3v) is 2.47. The molecule has 0 fully saturated rings. The molecule has 0 amide bonds. The molecule has 0 saturated heterocycles. The van der Waals surface area contributed by atoms with Gasteiger partial charge >= 0.3 is 0 Å². The second kappa shape index (κ2) is 5.35. The summed E-state index contributed by atoms with van der Waals surface area (Å²) in [5, 5.41) is 13.7. The Bertz CT molecular complexity index is 351. The number of amidine groups is 1. The minimum absolute atomic E-state index is 0. The molecule has 15 heavy (non-hydrogen) atoms. The van der Waals surface area contributed by atoms with Gasteiger partial charge in [-0.2, -0.15) is 0 Å². The van der Waals surface area contributed by atoms with Crippen LogP contribution in [0.5, 0.6) is 0 Å². The summed E-state index contributed by atoms with van der Waals surface area (Å²) >= 11 is 5.76. The lowest BCUT2D eigenvalue weighted by Crippen LogP contribution is -3.00. The largest absolute Gasteiger partial charge is 1.00 e. The molecule has 1 unspecified atom stereocenters. The van der Waals surface area contributed by atoms with Gasteiger partial charge in [0.05, 0.1) is 0 Å². The predicted octanol–water partition coefficient (Wildman–Crippen LogP) is -3.54. The molecule has 0 aromatic heterocycles. The van der Waals surface area contributed by atoms with Crippen molar-refractivity contribution in [2.75, 3.05) is 13.1 Å². The van der Waals surface area contributed by atoms with E-state index < -0.39 is 6.10 Å². The number of hydrogen-bond acceptors (Lipinski definition) is 2. The Balaban J connectivity index is 0.00000112. The van der Waals surface area contributed by atoms with Gasteiger partial charge in [0, 0.05) is 5.02 Å². The van der Waals surface area contributed by atoms with Gasteiger partial charge in [0.25, 0.3) is 5.84 Å². The Morgan fingerprint density at radius 2 is 2.00 bits per heavy atom. The third kappa shape index (κ3) is 2.84. The van der Waals surface area contributed by atoms with Crippen LogP contribution in [0.1, 0.15) is 11.7 Å². The van der Waals surface area contributed by atoms with Gasteiger partial charge in [-0.25, -0.2) is 0 Å². The summed E-state index contributed by atoms with van der Waals surface area (Å²) in [7, 11) is 0. The van der Waals surface area contributed by atoms with Crippen molar-refractivity contribution in [3.8, 4) is 0 Å². The zero-order chi connectivity index (χ0) is 9.97. The third-order valence-electron chi connectivity index (χ3n) is 2.22. The number of halogens is 2. The summed E-state index contributed by atoms with van der Waals surface area (Å²) in [5.74, 6) is 0.771. The average molecular weight is 247 g/mol. The highest BCUT2D eigenvalue weighted by molar-refractivity contribution is 6.30. The topological polar surface area (TPSA) is 46.2 Å². The van der Waals surface area contributed by atoms with Gasteiger partial charge in [-0.15, -0.1) is 0 Å². The lowest BCUT2D eigenvalue weighted by atomic mass is 10.1. The Hall–Kier alpha value is -0.770. The van der Waals surface area contributed by atoms with Gasteiger partial charge in [0.15, 0.2) is 6.10 Å². The molecule has 0 aliphatic carbocycles. The first-order chi connectivity index (χ1) is 6.77. The first-order valence-electron chi connectivity index (χ1n) is 4.55. The molecule has 0 saturated carbocycles. The number of aliphatic hydroxyl groups is 1. The Kier molecular flexibility index (Phi) is 4.39. The molecular formula is C10H12Cl2N2O. The maximum Gasteiger partial charge on any atom is 0.276 e. The lowest BCUT2D eigenvalue weighted by Gasteiger charge is -2.06. The van der Waals surface area contributed by atoms with Crippen molar-refractivity contribution in [1.82, 2.24) is 5.32 Å². The van der Waals surface area contributed by atoms with Crippen LogP contribution in [-0.4, -0.2) is 24.0 Å². The highest BCUT2D eigenvalue weighted by Gasteiger charge is 2.23. The zero-order valence-corrected chi connectivity index (χ0v) is 9.52. The molecule has 3 nitrogen and oxygen atoms in total. The van der Waals surface area contributed by atoms with E-state index in [1.54, 1.807) is 12.1 Å². The van der Waals surface area contributed by atoms with Gasteiger partial charge in [0.2, 0.25) is 0 Å². The van der Waals surface area contributed by atoms with Crippen LogP contribution in [-0.2, 0) is 0 Å². The van der Waals surface area contributed by atoms with E-state index in [2.05, 4.69) is 10.3 Å². The van der Waals surface area contributed by atoms with E-state index in [0.29, 0.717) is 5.02 Å². The Morgan fingerprint density at radius 3 is 2.53 bits per heavy atom. The van der Waals surface area contributed by atoms with Crippen molar-refractivity contribution in [3.63, 3.8) is 0 Å². The number of hydrogen-bond donors (Lipinski definition) is 3. The summed E-state index contributed by atoms with van der Waals surface area (Å²) in [5.41, 5.74) is 0.839. The summed E-state index contributed by atoms with van der Waals surface area (Å²) < 4.78 is 0. The van der Waals surface area contributed by atoms with Gasteiger partial charge in [-0.05, 0) is 17.7 Å². The molecule has 1 aliphatic heterocycles. The fraction of sp³-hybridized carbons (Fsp3) is 0.300. The van der Waals surface area contributed by atoms with E-state index >= 15 is 0 Å². The number of rotatable bonds is 2. The van der Waals surface area contributed by atoms with Crippen LogP contribution in [0.2, 0.25) is 5.02 Å². The van der Waals surface area contributed by atoms with E-state index in [9.17, 15) is 5.11 Å². The van der Waals surface area contributed by atoms with Crippen molar-refractivity contribution in [2.24, 2.45) is 0 Å². The highest BCUT2D eigenvalue weighted by Crippen LogP contribution is 2.15. The molecule has 82 valence electrons. The minimum Gasteiger partial charge on any atom is -1.00 e. The molecule has 2 rings (SSSR count). The normalized spacial score (nSPS) is 16.3. The molecular weight excluding hydrogens is 235 g/mol. The maximum absolute atomic E-state index is 9.91. The average Bonchev–Trinajstić information content (AvgIpc) is 2.71. The van der Waals surface area contributed by atoms with E-state index in [1.807, 2.05) is 12.1 Å².